The van der Waals surface area contributed by atoms with Crippen LogP contribution in [0, 0.1) is 13.8 Å². The van der Waals surface area contributed by atoms with Gasteiger partial charge in [-0.15, -0.1) is 0 Å². The van der Waals surface area contributed by atoms with Gasteiger partial charge in [0.25, 0.3) is 0 Å². The molecule has 1 aromatic heterocycles. The highest BCUT2D eigenvalue weighted by molar-refractivity contribution is 5.77. The molecule has 0 saturated carbocycles. The van der Waals surface area contributed by atoms with Crippen LogP contribution in [0.3, 0.4) is 0 Å². The van der Waals surface area contributed by atoms with E-state index in [-0.39, 0.29) is 5.41 Å². The molecule has 9 rings (SSSR count). The van der Waals surface area contributed by atoms with E-state index in [1.807, 2.05) is 42.5 Å². The highest BCUT2D eigenvalue weighted by atomic mass is 16.6. The van der Waals surface area contributed by atoms with E-state index in [1.165, 1.54) is 39.0 Å². The van der Waals surface area contributed by atoms with E-state index < -0.39 is 0 Å². The van der Waals surface area contributed by atoms with E-state index in [2.05, 4.69) is 167 Å². The molecule has 4 nitrogen and oxygen atoms in total. The van der Waals surface area contributed by atoms with Crippen molar-refractivity contribution in [1.82, 2.24) is 9.97 Å². The van der Waals surface area contributed by atoms with E-state index in [0.29, 0.717) is 0 Å². The second kappa shape index (κ2) is 16.5. The average molecular weight is 743 g/mol. The maximum atomic E-state index is 6.11. The molecule has 0 bridgehead atoms. The van der Waals surface area contributed by atoms with Crippen molar-refractivity contribution in [3.8, 4) is 56.8 Å². The van der Waals surface area contributed by atoms with Gasteiger partial charge in [-0.1, -0.05) is 157 Å². The van der Waals surface area contributed by atoms with Crippen molar-refractivity contribution in [2.24, 2.45) is 0 Å². The largest absolute Gasteiger partial charge is 0.450 e. The first-order chi connectivity index (χ1) is 27.8. The molecule has 0 amide bonds. The summed E-state index contributed by atoms with van der Waals surface area (Å²) in [5.41, 5.74) is 12.3. The number of rotatable bonds is 5. The molecule has 0 spiro atoms. The number of benzene rings is 5. The van der Waals surface area contributed by atoms with E-state index in [9.17, 15) is 0 Å². The molecule has 2 aliphatic carbocycles. The van der Waals surface area contributed by atoms with Crippen molar-refractivity contribution in [2.75, 3.05) is 0 Å². The van der Waals surface area contributed by atoms with Gasteiger partial charge < -0.3 is 9.47 Å². The van der Waals surface area contributed by atoms with Crippen molar-refractivity contribution < 1.29 is 9.47 Å². The fourth-order valence-electron chi connectivity index (χ4n) is 7.27. The summed E-state index contributed by atoms with van der Waals surface area (Å²) in [5, 5.41) is 0. The first-order valence-corrected chi connectivity index (χ1v) is 19.7. The molecule has 0 fully saturated rings. The fourth-order valence-corrected chi connectivity index (χ4v) is 7.27. The lowest BCUT2D eigenvalue weighted by molar-refractivity contribution is 0.358. The minimum atomic E-state index is -0.224. The Kier molecular flexibility index (Phi) is 10.8. The average Bonchev–Trinajstić information content (AvgIpc) is 3.25. The van der Waals surface area contributed by atoms with Gasteiger partial charge in [0, 0.05) is 16.5 Å². The smallest absolute Gasteiger partial charge is 0.170 e. The summed E-state index contributed by atoms with van der Waals surface area (Å²) in [6.45, 7) is 8.51. The summed E-state index contributed by atoms with van der Waals surface area (Å²) >= 11 is 0. The molecular weight excluding hydrogens is 697 g/mol. The van der Waals surface area contributed by atoms with Gasteiger partial charge in [0.15, 0.2) is 28.8 Å². The first-order valence-electron chi connectivity index (χ1n) is 19.7. The molecule has 57 heavy (non-hydrogen) atoms. The van der Waals surface area contributed by atoms with Crippen LogP contribution < -0.4 is 9.47 Å². The van der Waals surface area contributed by atoms with Gasteiger partial charge in [-0.05, 0) is 104 Å². The Morgan fingerprint density at radius 2 is 1.23 bits per heavy atom. The zero-order valence-electron chi connectivity index (χ0n) is 32.9. The molecule has 1 atom stereocenters. The molecule has 5 aromatic carbocycles. The Morgan fingerprint density at radius 3 is 1.91 bits per heavy atom. The van der Waals surface area contributed by atoms with Gasteiger partial charge in [-0.25, -0.2) is 9.97 Å². The van der Waals surface area contributed by atoms with Crippen molar-refractivity contribution in [3.05, 3.63) is 210 Å². The molecule has 2 heterocycles. The summed E-state index contributed by atoms with van der Waals surface area (Å²) in [5.74, 6) is 3.79. The standard InChI is InChI=1S/C29H24N2.C24H22O2/c1-21-12-14-22(15-13-21)23-16-18-26(19-17-23)29-30-27(24-8-4-2-5-9-24)20-28(31-29)25-10-6-3-7-11-25;1-4-18-9-7-8-13-24(3,14-12-18)19-16-23-22(15-17(19)2)25-20-10-5-6-11-21(20)26-23/h2,4-6,8-20H,3,7H2,1H3;4-16H,1-3H3/b;9-7-,13-8-,14-12-,18-4-/t;24-/m.1/s1. The summed E-state index contributed by atoms with van der Waals surface area (Å²) in [6, 6.07) is 41.5. The monoisotopic (exact) mass is 742 g/mol. The van der Waals surface area contributed by atoms with Crippen molar-refractivity contribution >= 4 is 5.57 Å². The fraction of sp³-hybridized carbons (Fsp3) is 0.132. The predicted molar refractivity (Wildman–Crippen MR) is 236 cm³/mol. The maximum absolute atomic E-state index is 6.11. The van der Waals surface area contributed by atoms with Gasteiger partial charge in [0.2, 0.25) is 0 Å². The van der Waals surface area contributed by atoms with Crippen LogP contribution in [0.4, 0.5) is 0 Å². The number of ether oxygens (including phenoxy) is 2. The van der Waals surface area contributed by atoms with Crippen molar-refractivity contribution in [3.63, 3.8) is 0 Å². The molecule has 6 aromatic rings. The normalized spacial score (nSPS) is 18.9. The Labute approximate surface area is 336 Å². The maximum Gasteiger partial charge on any atom is 0.170 e. The summed E-state index contributed by atoms with van der Waals surface area (Å²) in [7, 11) is 0. The zero-order valence-corrected chi connectivity index (χ0v) is 32.9. The molecule has 4 heteroatoms. The second-order valence-corrected chi connectivity index (χ2v) is 14.8. The predicted octanol–water partition coefficient (Wildman–Crippen LogP) is 14.3. The number of allylic oxidation sites excluding steroid dienone is 12. The number of aromatic nitrogens is 2. The van der Waals surface area contributed by atoms with Crippen LogP contribution in [0.5, 0.6) is 23.0 Å². The zero-order chi connectivity index (χ0) is 39.2. The van der Waals surface area contributed by atoms with Gasteiger partial charge >= 0.3 is 0 Å². The van der Waals surface area contributed by atoms with Gasteiger partial charge in [-0.3, -0.25) is 0 Å². The number of aryl methyl sites for hydroxylation is 2. The SMILES string of the molecule is C/C=C1/C=C\C=C/[C@@](C)(c2cc3c(cc2C)Oc2ccccc2O3)\C=C/1.Cc1ccc(-c2ccc(-c3nc(C4=CCCC=C4)cc(-c4ccccc4)n3)cc2)cc1. The Bertz CT molecular complexity index is 2590. The molecule has 0 N–H and O–H groups in total. The van der Waals surface area contributed by atoms with E-state index in [0.717, 1.165) is 64.2 Å². The van der Waals surface area contributed by atoms with E-state index >= 15 is 0 Å². The van der Waals surface area contributed by atoms with Crippen LogP contribution in [0.2, 0.25) is 0 Å². The minimum absolute atomic E-state index is 0.224. The summed E-state index contributed by atoms with van der Waals surface area (Å²) in [6.07, 6.45) is 23.9. The Morgan fingerprint density at radius 1 is 0.579 bits per heavy atom. The molecule has 3 aliphatic rings. The molecule has 0 unspecified atom stereocenters. The van der Waals surface area contributed by atoms with Crippen molar-refractivity contribution in [1.29, 1.82) is 0 Å². The quantitative estimate of drug-likeness (QED) is 0.176. The molecular formula is C53H46N2O2. The third kappa shape index (κ3) is 8.41. The van der Waals surface area contributed by atoms with Crippen LogP contribution in [0.25, 0.3) is 39.3 Å². The van der Waals surface area contributed by atoms with Crippen LogP contribution in [0.15, 0.2) is 188 Å². The highest BCUT2D eigenvalue weighted by Gasteiger charge is 2.27. The van der Waals surface area contributed by atoms with Gasteiger partial charge in [0.1, 0.15) is 0 Å². The molecule has 280 valence electrons. The molecule has 0 radical (unpaired) electrons. The Hall–Kier alpha value is -6.78. The van der Waals surface area contributed by atoms with Gasteiger partial charge in [-0.2, -0.15) is 0 Å². The first kappa shape index (κ1) is 37.2. The second-order valence-electron chi connectivity index (χ2n) is 14.8. The lowest BCUT2D eigenvalue weighted by Crippen LogP contribution is -2.18. The van der Waals surface area contributed by atoms with E-state index in [1.54, 1.807) is 0 Å². The summed E-state index contributed by atoms with van der Waals surface area (Å²) < 4.78 is 12.1. The third-order valence-electron chi connectivity index (χ3n) is 10.6. The van der Waals surface area contributed by atoms with Gasteiger partial charge in [0.05, 0.1) is 11.4 Å². The van der Waals surface area contributed by atoms with E-state index in [4.69, 9.17) is 19.4 Å². The Balaban J connectivity index is 0.000000162. The number of hydrogen-bond acceptors (Lipinski definition) is 4. The van der Waals surface area contributed by atoms with Crippen LogP contribution in [-0.4, -0.2) is 9.97 Å². The number of hydrogen-bond donors (Lipinski definition) is 0. The minimum Gasteiger partial charge on any atom is -0.450 e. The lowest BCUT2D eigenvalue weighted by Gasteiger charge is -2.28. The third-order valence-corrected chi connectivity index (χ3v) is 10.6. The number of para-hydroxylation sites is 2. The highest BCUT2D eigenvalue weighted by Crippen LogP contribution is 2.48. The van der Waals surface area contributed by atoms with Crippen LogP contribution >= 0.6 is 0 Å². The summed E-state index contributed by atoms with van der Waals surface area (Å²) in [4.78, 5) is 9.86. The van der Waals surface area contributed by atoms with Crippen LogP contribution in [-0.2, 0) is 5.41 Å². The van der Waals surface area contributed by atoms with Crippen molar-refractivity contribution in [2.45, 2.75) is 46.0 Å². The van der Waals surface area contributed by atoms with Crippen LogP contribution in [0.1, 0.15) is 49.1 Å². The number of fused-ring (bicyclic) bond motifs is 2. The lowest BCUT2D eigenvalue weighted by atomic mass is 9.78. The topological polar surface area (TPSA) is 44.2 Å². The molecule has 1 aliphatic heterocycles. The molecule has 0 saturated heterocycles. The number of nitrogens with zero attached hydrogens (tertiary/aromatic N) is 2.